The van der Waals surface area contributed by atoms with Crippen LogP contribution in [-0.4, -0.2) is 21.0 Å². The minimum Gasteiger partial charge on any atom is -0.434 e. The van der Waals surface area contributed by atoms with E-state index in [1.54, 1.807) is 24.4 Å². The van der Waals surface area contributed by atoms with E-state index in [0.717, 1.165) is 11.1 Å². The second-order valence-corrected chi connectivity index (χ2v) is 7.66. The highest BCUT2D eigenvalue weighted by molar-refractivity contribution is 7.80. The van der Waals surface area contributed by atoms with E-state index in [2.05, 4.69) is 20.6 Å². The van der Waals surface area contributed by atoms with E-state index in [1.807, 2.05) is 25.1 Å². The molecule has 4 aromatic rings. The lowest BCUT2D eigenvalue weighted by Gasteiger charge is -2.13. The molecule has 2 aromatic heterocycles. The number of pyridine rings is 1. The van der Waals surface area contributed by atoms with Crippen LogP contribution in [0.4, 0.5) is 5.69 Å². The maximum atomic E-state index is 12.5. The number of nitrogens with zero attached hydrogens (tertiary/aromatic N) is 2. The van der Waals surface area contributed by atoms with Crippen molar-refractivity contribution >= 4 is 63.4 Å². The molecule has 0 atom stereocenters. The molecule has 0 aliphatic heterocycles. The fraction of sp³-hybridized carbons (Fsp3) is 0.0476. The second kappa shape index (κ2) is 8.39. The molecule has 0 unspecified atom stereocenters. The van der Waals surface area contributed by atoms with Gasteiger partial charge in [-0.2, -0.15) is 4.98 Å². The normalized spacial score (nSPS) is 10.8. The number of aromatic nitrogens is 2. The molecule has 150 valence electrons. The predicted octanol–water partition coefficient (Wildman–Crippen LogP) is 5.63. The van der Waals surface area contributed by atoms with Crippen LogP contribution in [0.3, 0.4) is 0 Å². The number of hydrogen-bond donors (Lipinski definition) is 2. The van der Waals surface area contributed by atoms with Crippen molar-refractivity contribution in [3.05, 3.63) is 75.9 Å². The van der Waals surface area contributed by atoms with Crippen LogP contribution < -0.4 is 10.6 Å². The number of carbonyl (C=O) groups excluding carboxylic acids is 1. The minimum absolute atomic E-state index is 0.130. The number of anilines is 1. The van der Waals surface area contributed by atoms with E-state index < -0.39 is 5.91 Å². The fourth-order valence-corrected chi connectivity index (χ4v) is 3.48. The first kappa shape index (κ1) is 20.3. The zero-order chi connectivity index (χ0) is 21.3. The highest BCUT2D eigenvalue weighted by Crippen LogP contribution is 2.27. The summed E-state index contributed by atoms with van der Waals surface area (Å²) in [6.07, 6.45) is 1.66. The molecule has 2 heterocycles. The van der Waals surface area contributed by atoms with Crippen molar-refractivity contribution in [2.75, 3.05) is 5.32 Å². The van der Waals surface area contributed by atoms with E-state index in [4.69, 9.17) is 39.8 Å². The first-order valence-corrected chi connectivity index (χ1v) is 9.97. The molecule has 30 heavy (non-hydrogen) atoms. The summed E-state index contributed by atoms with van der Waals surface area (Å²) in [7, 11) is 0. The van der Waals surface area contributed by atoms with Gasteiger partial charge in [0.1, 0.15) is 0 Å². The summed E-state index contributed by atoms with van der Waals surface area (Å²) in [6, 6.07) is 13.8. The number of carbonyl (C=O) groups is 1. The van der Waals surface area contributed by atoms with Crippen molar-refractivity contribution in [3.63, 3.8) is 0 Å². The topological polar surface area (TPSA) is 80.1 Å². The van der Waals surface area contributed by atoms with Crippen LogP contribution in [0.15, 0.2) is 59.1 Å². The van der Waals surface area contributed by atoms with Gasteiger partial charge in [0.25, 0.3) is 5.91 Å². The lowest BCUT2D eigenvalue weighted by Crippen LogP contribution is -2.34. The lowest BCUT2D eigenvalue weighted by atomic mass is 10.1. The molecule has 4 rings (SSSR count). The molecule has 0 saturated heterocycles. The number of hydrogen-bond acceptors (Lipinski definition) is 5. The van der Waals surface area contributed by atoms with Crippen LogP contribution in [-0.2, 0) is 0 Å². The van der Waals surface area contributed by atoms with Crippen molar-refractivity contribution in [2.24, 2.45) is 0 Å². The molecule has 0 radical (unpaired) electrons. The van der Waals surface area contributed by atoms with Gasteiger partial charge in [0.15, 0.2) is 16.3 Å². The van der Waals surface area contributed by atoms with Crippen LogP contribution >= 0.6 is 35.4 Å². The van der Waals surface area contributed by atoms with Crippen LogP contribution in [0.1, 0.15) is 15.9 Å². The Kier molecular flexibility index (Phi) is 5.67. The summed E-state index contributed by atoms with van der Waals surface area (Å²) in [5.74, 6) is 0.00245. The van der Waals surface area contributed by atoms with E-state index in [0.29, 0.717) is 27.8 Å². The van der Waals surface area contributed by atoms with Crippen molar-refractivity contribution in [1.82, 2.24) is 15.3 Å². The number of benzene rings is 2. The summed E-state index contributed by atoms with van der Waals surface area (Å²) in [6.45, 7) is 1.92. The number of rotatable bonds is 3. The number of fused-ring (bicyclic) bond motifs is 1. The van der Waals surface area contributed by atoms with E-state index in [-0.39, 0.29) is 15.7 Å². The third-order valence-electron chi connectivity index (χ3n) is 4.30. The number of nitrogens with one attached hydrogen (secondary N) is 2. The zero-order valence-electron chi connectivity index (χ0n) is 15.6. The molecule has 6 nitrogen and oxygen atoms in total. The minimum atomic E-state index is -0.437. The zero-order valence-corrected chi connectivity index (χ0v) is 17.9. The van der Waals surface area contributed by atoms with Crippen LogP contribution in [0.5, 0.6) is 0 Å². The molecule has 1 amide bonds. The van der Waals surface area contributed by atoms with Crippen molar-refractivity contribution < 1.29 is 9.21 Å². The van der Waals surface area contributed by atoms with Gasteiger partial charge in [-0.3, -0.25) is 10.1 Å². The highest BCUT2D eigenvalue weighted by atomic mass is 35.5. The maximum Gasteiger partial charge on any atom is 0.258 e. The monoisotopic (exact) mass is 456 g/mol. The van der Waals surface area contributed by atoms with Crippen molar-refractivity contribution in [3.8, 4) is 11.5 Å². The summed E-state index contributed by atoms with van der Waals surface area (Å²) in [5, 5.41) is 6.46. The Morgan fingerprint density at radius 1 is 1.13 bits per heavy atom. The smallest absolute Gasteiger partial charge is 0.258 e. The van der Waals surface area contributed by atoms with Gasteiger partial charge in [-0.1, -0.05) is 29.3 Å². The number of thiocarbonyl (C=S) groups is 1. The van der Waals surface area contributed by atoms with Crippen LogP contribution in [0, 0.1) is 6.92 Å². The molecule has 0 spiro atoms. The number of amides is 1. The molecular weight excluding hydrogens is 443 g/mol. The van der Waals surface area contributed by atoms with Gasteiger partial charge in [0.2, 0.25) is 5.89 Å². The number of aryl methyl sites for hydroxylation is 1. The van der Waals surface area contributed by atoms with Gasteiger partial charge in [-0.15, -0.1) is 0 Å². The lowest BCUT2D eigenvalue weighted by molar-refractivity contribution is 0.0978. The van der Waals surface area contributed by atoms with Gasteiger partial charge in [-0.05, 0) is 67.2 Å². The van der Waals surface area contributed by atoms with Crippen molar-refractivity contribution in [1.29, 1.82) is 0 Å². The molecule has 0 bridgehead atoms. The van der Waals surface area contributed by atoms with Crippen molar-refractivity contribution in [2.45, 2.75) is 6.92 Å². The average molecular weight is 457 g/mol. The summed E-state index contributed by atoms with van der Waals surface area (Å²) < 4.78 is 5.77. The molecule has 2 aromatic carbocycles. The average Bonchev–Trinajstić information content (AvgIpc) is 3.13. The molecule has 0 saturated carbocycles. The molecule has 0 fully saturated rings. The maximum absolute atomic E-state index is 12.5. The highest BCUT2D eigenvalue weighted by Gasteiger charge is 2.14. The quantitative estimate of drug-likeness (QED) is 0.388. The largest absolute Gasteiger partial charge is 0.434 e. The molecule has 2 N–H and O–H groups in total. The fourth-order valence-electron chi connectivity index (χ4n) is 2.78. The first-order chi connectivity index (χ1) is 14.4. The summed E-state index contributed by atoms with van der Waals surface area (Å²) >= 11 is 17.2. The Morgan fingerprint density at radius 3 is 2.73 bits per heavy atom. The Balaban J connectivity index is 1.53. The van der Waals surface area contributed by atoms with Gasteiger partial charge in [0, 0.05) is 22.5 Å². The number of halogens is 2. The standard InChI is InChI=1S/C21H14Cl2N4O2S/c1-11-4-5-12(20-26-18-17(29-20)3-2-8-24-18)9-16(11)25-21(30)27-19(28)14-7-6-13(22)10-15(14)23/h2-10H,1H3,(H2,25,27,28,30). The molecular formula is C21H14Cl2N4O2S. The second-order valence-electron chi connectivity index (χ2n) is 6.41. The van der Waals surface area contributed by atoms with E-state index in [1.165, 1.54) is 12.1 Å². The Bertz CT molecular complexity index is 1260. The third kappa shape index (κ3) is 4.28. The Labute approximate surface area is 187 Å². The molecule has 0 aliphatic rings. The van der Waals surface area contributed by atoms with Gasteiger partial charge in [-0.25, -0.2) is 4.98 Å². The predicted molar refractivity (Wildman–Crippen MR) is 122 cm³/mol. The summed E-state index contributed by atoms with van der Waals surface area (Å²) in [4.78, 5) is 21.0. The molecule has 0 aliphatic carbocycles. The van der Waals surface area contributed by atoms with E-state index >= 15 is 0 Å². The van der Waals surface area contributed by atoms with Crippen LogP contribution in [0.25, 0.3) is 22.7 Å². The first-order valence-electron chi connectivity index (χ1n) is 8.80. The SMILES string of the molecule is Cc1ccc(-c2nc3ncccc3o2)cc1NC(=S)NC(=O)c1ccc(Cl)cc1Cl. The summed E-state index contributed by atoms with van der Waals surface area (Å²) in [5.41, 5.74) is 3.78. The Morgan fingerprint density at radius 2 is 1.97 bits per heavy atom. The van der Waals surface area contributed by atoms with E-state index in [9.17, 15) is 4.79 Å². The molecule has 9 heteroatoms. The van der Waals surface area contributed by atoms with Gasteiger partial charge >= 0.3 is 0 Å². The third-order valence-corrected chi connectivity index (χ3v) is 5.05. The van der Waals surface area contributed by atoms with Gasteiger partial charge in [0.05, 0.1) is 10.6 Å². The van der Waals surface area contributed by atoms with Crippen LogP contribution in [0.2, 0.25) is 10.0 Å². The van der Waals surface area contributed by atoms with Gasteiger partial charge < -0.3 is 9.73 Å². The Hall–Kier alpha value is -3.00. The number of oxazole rings is 1.